The lowest BCUT2D eigenvalue weighted by Crippen LogP contribution is -2.44. The lowest BCUT2D eigenvalue weighted by atomic mass is 9.91. The summed E-state index contributed by atoms with van der Waals surface area (Å²) in [5.41, 5.74) is 0.429. The van der Waals surface area contributed by atoms with E-state index in [0.29, 0.717) is 11.7 Å². The second-order valence-electron chi connectivity index (χ2n) is 5.10. The molecule has 5 heteroatoms. The molecule has 2 heterocycles. The van der Waals surface area contributed by atoms with Gasteiger partial charge in [0, 0.05) is 12.1 Å². The smallest absolute Gasteiger partial charge is 0.171 e. The van der Waals surface area contributed by atoms with Crippen molar-refractivity contribution >= 4 is 6.29 Å². The number of rotatable bonds is 4. The Morgan fingerprint density at radius 3 is 2.88 bits per heavy atom. The Balaban J connectivity index is 1.64. The fourth-order valence-corrected chi connectivity index (χ4v) is 2.93. The molecule has 0 aromatic carbocycles. The molecule has 1 aliphatic carbocycles. The highest BCUT2D eigenvalue weighted by Gasteiger charge is 2.33. The molecule has 17 heavy (non-hydrogen) atoms. The van der Waals surface area contributed by atoms with Crippen LogP contribution in [0.3, 0.4) is 0 Å². The zero-order valence-corrected chi connectivity index (χ0v) is 9.96. The number of hydrogen-bond donors (Lipinski definition) is 0. The Kier molecular flexibility index (Phi) is 2.93. The van der Waals surface area contributed by atoms with Crippen molar-refractivity contribution in [2.24, 2.45) is 0 Å². The highest BCUT2D eigenvalue weighted by Crippen LogP contribution is 2.31. The van der Waals surface area contributed by atoms with Crippen molar-refractivity contribution in [2.45, 2.75) is 50.7 Å². The quantitative estimate of drug-likeness (QED) is 0.732. The average Bonchev–Trinajstić information content (AvgIpc) is 2.87. The van der Waals surface area contributed by atoms with Crippen LogP contribution in [0.15, 0.2) is 6.20 Å². The minimum Gasteiger partial charge on any atom is -0.296 e. The predicted molar refractivity (Wildman–Crippen MR) is 62.8 cm³/mol. The van der Waals surface area contributed by atoms with Crippen molar-refractivity contribution in [3.8, 4) is 0 Å². The summed E-state index contributed by atoms with van der Waals surface area (Å²) in [5.74, 6) is 0. The third-order valence-electron chi connectivity index (χ3n) is 4.04. The Hall–Kier alpha value is -1.23. The normalized spacial score (nSPS) is 26.0. The fourth-order valence-electron chi connectivity index (χ4n) is 2.93. The van der Waals surface area contributed by atoms with Crippen LogP contribution < -0.4 is 0 Å². The zero-order chi connectivity index (χ0) is 11.7. The first-order valence-electron chi connectivity index (χ1n) is 6.48. The van der Waals surface area contributed by atoms with Gasteiger partial charge in [-0.05, 0) is 32.2 Å². The Labute approximate surface area is 101 Å². The van der Waals surface area contributed by atoms with E-state index in [9.17, 15) is 4.79 Å². The van der Waals surface area contributed by atoms with Gasteiger partial charge in [0.15, 0.2) is 6.29 Å². The van der Waals surface area contributed by atoms with Gasteiger partial charge in [-0.15, -0.1) is 5.10 Å². The second-order valence-corrected chi connectivity index (χ2v) is 5.10. The van der Waals surface area contributed by atoms with E-state index >= 15 is 0 Å². The van der Waals surface area contributed by atoms with Crippen molar-refractivity contribution in [1.29, 1.82) is 0 Å². The van der Waals surface area contributed by atoms with E-state index in [4.69, 9.17) is 0 Å². The van der Waals surface area contributed by atoms with Gasteiger partial charge in [-0.3, -0.25) is 14.4 Å². The number of likely N-dealkylation sites (tertiary alicyclic amines) is 1. The number of aldehydes is 1. The Morgan fingerprint density at radius 2 is 2.24 bits per heavy atom. The molecule has 1 saturated carbocycles. The number of nitrogens with zero attached hydrogens (tertiary/aromatic N) is 4. The van der Waals surface area contributed by atoms with Crippen LogP contribution in [0.25, 0.3) is 0 Å². The predicted octanol–water partition coefficient (Wildman–Crippen LogP) is 1.11. The number of aromatic nitrogens is 3. The monoisotopic (exact) mass is 234 g/mol. The third-order valence-corrected chi connectivity index (χ3v) is 4.04. The molecule has 1 aliphatic heterocycles. The molecule has 5 nitrogen and oxygen atoms in total. The molecule has 2 aliphatic rings. The van der Waals surface area contributed by atoms with E-state index in [-0.39, 0.29) is 0 Å². The lowest BCUT2D eigenvalue weighted by molar-refractivity contribution is 0.103. The highest BCUT2D eigenvalue weighted by molar-refractivity contribution is 5.70. The molecule has 0 N–H and O–H groups in total. The molecule has 0 bridgehead atoms. The standard InChI is InChI=1S/C12H18N4O/c17-9-10-7-15(14-13-10)8-12-5-2-6-16(12)11-3-1-4-11/h7,9,11-12H,1-6,8H2/t12-/m1/s1. The fraction of sp³-hybridized carbons (Fsp3) is 0.750. The summed E-state index contributed by atoms with van der Waals surface area (Å²) in [6.07, 6.45) is 9.11. The molecular formula is C12H18N4O. The van der Waals surface area contributed by atoms with E-state index in [1.54, 1.807) is 6.20 Å². The van der Waals surface area contributed by atoms with Crippen molar-refractivity contribution < 1.29 is 4.79 Å². The van der Waals surface area contributed by atoms with Crippen LogP contribution in [0.1, 0.15) is 42.6 Å². The van der Waals surface area contributed by atoms with Gasteiger partial charge < -0.3 is 0 Å². The Bertz CT molecular complexity index is 399. The first kappa shape index (κ1) is 10.9. The van der Waals surface area contributed by atoms with Crippen molar-refractivity contribution in [1.82, 2.24) is 19.9 Å². The van der Waals surface area contributed by atoms with Gasteiger partial charge in [-0.1, -0.05) is 11.6 Å². The number of hydrogen-bond acceptors (Lipinski definition) is 4. The molecule has 1 aromatic rings. The number of carbonyl (C=O) groups is 1. The summed E-state index contributed by atoms with van der Waals surface area (Å²) in [4.78, 5) is 13.2. The van der Waals surface area contributed by atoms with E-state index in [1.807, 2.05) is 4.68 Å². The van der Waals surface area contributed by atoms with E-state index in [2.05, 4.69) is 15.2 Å². The largest absolute Gasteiger partial charge is 0.296 e. The van der Waals surface area contributed by atoms with Crippen LogP contribution in [-0.2, 0) is 6.54 Å². The molecular weight excluding hydrogens is 216 g/mol. The maximum atomic E-state index is 10.6. The first-order valence-corrected chi connectivity index (χ1v) is 6.48. The van der Waals surface area contributed by atoms with Crippen molar-refractivity contribution in [2.75, 3.05) is 6.54 Å². The summed E-state index contributed by atoms with van der Waals surface area (Å²) in [7, 11) is 0. The SMILES string of the molecule is O=Cc1cn(C[C@H]2CCCN2C2CCC2)nn1. The molecule has 0 amide bonds. The molecule has 2 fully saturated rings. The van der Waals surface area contributed by atoms with Gasteiger partial charge in [-0.25, -0.2) is 0 Å². The topological polar surface area (TPSA) is 51.0 Å². The number of carbonyl (C=O) groups excluding carboxylic acids is 1. The second kappa shape index (κ2) is 4.56. The summed E-state index contributed by atoms with van der Waals surface area (Å²) in [5, 5.41) is 7.80. The van der Waals surface area contributed by atoms with Crippen LogP contribution in [-0.4, -0.2) is 44.8 Å². The van der Waals surface area contributed by atoms with Crippen LogP contribution in [0.5, 0.6) is 0 Å². The molecule has 0 radical (unpaired) electrons. The van der Waals surface area contributed by atoms with E-state index < -0.39 is 0 Å². The van der Waals surface area contributed by atoms with Gasteiger partial charge >= 0.3 is 0 Å². The molecule has 1 aromatic heterocycles. The highest BCUT2D eigenvalue weighted by atomic mass is 16.1. The molecule has 1 saturated heterocycles. The van der Waals surface area contributed by atoms with Crippen LogP contribution in [0.2, 0.25) is 0 Å². The summed E-state index contributed by atoms with van der Waals surface area (Å²) < 4.78 is 1.81. The Morgan fingerprint density at radius 1 is 1.35 bits per heavy atom. The van der Waals surface area contributed by atoms with Crippen molar-refractivity contribution in [3.05, 3.63) is 11.9 Å². The maximum absolute atomic E-state index is 10.6. The minimum absolute atomic E-state index is 0.429. The molecule has 0 unspecified atom stereocenters. The van der Waals surface area contributed by atoms with Gasteiger partial charge in [0.2, 0.25) is 0 Å². The van der Waals surface area contributed by atoms with E-state index in [1.165, 1.54) is 38.6 Å². The van der Waals surface area contributed by atoms with Crippen LogP contribution in [0, 0.1) is 0 Å². The summed E-state index contributed by atoms with van der Waals surface area (Å²) in [6, 6.07) is 1.39. The molecule has 0 spiro atoms. The van der Waals surface area contributed by atoms with Crippen molar-refractivity contribution in [3.63, 3.8) is 0 Å². The zero-order valence-electron chi connectivity index (χ0n) is 9.96. The van der Waals surface area contributed by atoms with Gasteiger partial charge in [0.25, 0.3) is 0 Å². The van der Waals surface area contributed by atoms with Gasteiger partial charge in [-0.2, -0.15) is 0 Å². The minimum atomic E-state index is 0.429. The summed E-state index contributed by atoms with van der Waals surface area (Å²) in [6.45, 7) is 2.10. The molecule has 1 atom stereocenters. The summed E-state index contributed by atoms with van der Waals surface area (Å²) >= 11 is 0. The van der Waals surface area contributed by atoms with Crippen LogP contribution >= 0.6 is 0 Å². The van der Waals surface area contributed by atoms with Crippen LogP contribution in [0.4, 0.5) is 0 Å². The molecule has 3 rings (SSSR count). The van der Waals surface area contributed by atoms with Gasteiger partial charge in [0.05, 0.1) is 12.7 Å². The average molecular weight is 234 g/mol. The van der Waals surface area contributed by atoms with E-state index in [0.717, 1.165) is 18.9 Å². The third kappa shape index (κ3) is 2.11. The lowest BCUT2D eigenvalue weighted by Gasteiger charge is -2.38. The first-order chi connectivity index (χ1) is 8.36. The molecule has 92 valence electrons. The van der Waals surface area contributed by atoms with Gasteiger partial charge in [0.1, 0.15) is 5.69 Å². The maximum Gasteiger partial charge on any atom is 0.171 e.